The van der Waals surface area contributed by atoms with E-state index in [1.54, 1.807) is 77.7 Å². The van der Waals surface area contributed by atoms with Crippen LogP contribution in [0.1, 0.15) is 11.1 Å². The average molecular weight is 570 g/mol. The van der Waals surface area contributed by atoms with E-state index >= 15 is 0 Å². The highest BCUT2D eigenvalue weighted by molar-refractivity contribution is 7.92. The van der Waals surface area contributed by atoms with Crippen LogP contribution in [-0.2, 0) is 32.5 Å². The quantitative estimate of drug-likeness (QED) is 0.326. The molecule has 0 radical (unpaired) electrons. The van der Waals surface area contributed by atoms with E-state index in [2.05, 4.69) is 5.32 Å². The van der Waals surface area contributed by atoms with Crippen molar-refractivity contribution in [1.29, 1.82) is 0 Å². The van der Waals surface area contributed by atoms with E-state index in [9.17, 15) is 18.0 Å². The van der Waals surface area contributed by atoms with Gasteiger partial charge in [0.15, 0.2) is 6.10 Å². The first-order valence-electron chi connectivity index (χ1n) is 13.3. The van der Waals surface area contributed by atoms with Crippen molar-refractivity contribution in [2.24, 2.45) is 0 Å². The van der Waals surface area contributed by atoms with Crippen molar-refractivity contribution in [3.63, 3.8) is 0 Å². The molecular formula is C32H31N3O5S. The van der Waals surface area contributed by atoms with Crippen LogP contribution in [0.4, 0.5) is 11.4 Å². The van der Waals surface area contributed by atoms with Gasteiger partial charge in [-0.25, -0.2) is 8.42 Å². The fraction of sp³-hybridized carbons (Fsp3) is 0.188. The Balaban J connectivity index is 1.25. The zero-order valence-corrected chi connectivity index (χ0v) is 23.5. The van der Waals surface area contributed by atoms with Crippen LogP contribution in [0.25, 0.3) is 0 Å². The minimum atomic E-state index is -3.71. The standard InChI is InChI=1S/C32H31N3O5S/c1-34(41(38,39)27-12-6-3-7-13-27)26-18-16-25(17-19-26)22-31(36)35-23-30(40-29-15-9-8-14-28(29)35)32(37)33-21-20-24-10-4-2-5-11-24/h2-19,30H,20-23H2,1H3,(H,33,37). The number of fused-ring (bicyclic) bond motifs is 1. The minimum absolute atomic E-state index is 0.0755. The highest BCUT2D eigenvalue weighted by Gasteiger charge is 2.33. The van der Waals surface area contributed by atoms with Gasteiger partial charge < -0.3 is 15.0 Å². The smallest absolute Gasteiger partial charge is 0.264 e. The zero-order valence-electron chi connectivity index (χ0n) is 22.6. The maximum Gasteiger partial charge on any atom is 0.264 e. The highest BCUT2D eigenvalue weighted by Crippen LogP contribution is 2.34. The fourth-order valence-corrected chi connectivity index (χ4v) is 5.90. The summed E-state index contributed by atoms with van der Waals surface area (Å²) in [4.78, 5) is 28.3. The SMILES string of the molecule is CN(c1ccc(CC(=O)N2CC(C(=O)NCCc3ccccc3)Oc3ccccc32)cc1)S(=O)(=O)c1ccccc1. The molecule has 0 saturated carbocycles. The predicted molar refractivity (Wildman–Crippen MR) is 159 cm³/mol. The van der Waals surface area contributed by atoms with Gasteiger partial charge in [-0.05, 0) is 53.9 Å². The van der Waals surface area contributed by atoms with Crippen LogP contribution in [-0.4, -0.2) is 46.5 Å². The molecule has 1 aliphatic rings. The second kappa shape index (κ2) is 12.3. The Kier molecular flexibility index (Phi) is 8.35. The fourth-order valence-electron chi connectivity index (χ4n) is 4.68. The van der Waals surface area contributed by atoms with Gasteiger partial charge in [0.1, 0.15) is 5.75 Å². The van der Waals surface area contributed by atoms with Crippen molar-refractivity contribution in [1.82, 2.24) is 5.32 Å². The summed E-state index contributed by atoms with van der Waals surface area (Å²) in [5.74, 6) is -0.000465. The molecule has 4 aromatic carbocycles. The number of hydrogen-bond donors (Lipinski definition) is 1. The Morgan fingerprint density at radius 3 is 2.20 bits per heavy atom. The third-order valence-corrected chi connectivity index (χ3v) is 8.78. The minimum Gasteiger partial charge on any atom is -0.477 e. The molecule has 0 saturated heterocycles. The maximum absolute atomic E-state index is 13.5. The van der Waals surface area contributed by atoms with Gasteiger partial charge in [-0.3, -0.25) is 13.9 Å². The van der Waals surface area contributed by atoms with Crippen LogP contribution in [0, 0.1) is 0 Å². The summed E-state index contributed by atoms with van der Waals surface area (Å²) in [5.41, 5.74) is 2.93. The molecule has 1 heterocycles. The number of sulfonamides is 1. The van der Waals surface area contributed by atoms with E-state index < -0.39 is 16.1 Å². The lowest BCUT2D eigenvalue weighted by Crippen LogP contribution is -2.51. The number of para-hydroxylation sites is 2. The third-order valence-electron chi connectivity index (χ3n) is 6.98. The summed E-state index contributed by atoms with van der Waals surface area (Å²) in [7, 11) is -2.21. The number of carbonyl (C=O) groups is 2. The summed E-state index contributed by atoms with van der Waals surface area (Å²) < 4.78 is 33.1. The van der Waals surface area contributed by atoms with Crippen molar-refractivity contribution in [2.75, 3.05) is 29.3 Å². The number of benzene rings is 4. The first kappa shape index (κ1) is 27.9. The number of hydrogen-bond acceptors (Lipinski definition) is 5. The largest absolute Gasteiger partial charge is 0.477 e. The molecule has 1 atom stereocenters. The van der Waals surface area contributed by atoms with Crippen LogP contribution in [0.3, 0.4) is 0 Å². The summed E-state index contributed by atoms with van der Waals surface area (Å²) in [6, 6.07) is 32.1. The summed E-state index contributed by atoms with van der Waals surface area (Å²) in [5, 5.41) is 2.93. The van der Waals surface area contributed by atoms with Crippen molar-refractivity contribution in [3.05, 3.63) is 120 Å². The van der Waals surface area contributed by atoms with Crippen LogP contribution in [0.5, 0.6) is 5.75 Å². The van der Waals surface area contributed by atoms with Crippen molar-refractivity contribution < 1.29 is 22.7 Å². The number of amides is 2. The second-order valence-corrected chi connectivity index (χ2v) is 11.7. The third kappa shape index (κ3) is 6.41. The van der Waals surface area contributed by atoms with Crippen molar-refractivity contribution in [2.45, 2.75) is 23.8 Å². The molecule has 2 amide bonds. The van der Waals surface area contributed by atoms with Gasteiger partial charge in [-0.1, -0.05) is 72.8 Å². The summed E-state index contributed by atoms with van der Waals surface area (Å²) >= 11 is 0. The zero-order chi connectivity index (χ0) is 28.8. The van der Waals surface area contributed by atoms with Crippen LogP contribution in [0.2, 0.25) is 0 Å². The Bertz CT molecular complexity index is 1610. The van der Waals surface area contributed by atoms with Crippen molar-refractivity contribution >= 4 is 33.2 Å². The molecule has 4 aromatic rings. The number of nitrogens with zero attached hydrogens (tertiary/aromatic N) is 2. The lowest BCUT2D eigenvalue weighted by atomic mass is 10.1. The average Bonchev–Trinajstić information content (AvgIpc) is 3.01. The van der Waals surface area contributed by atoms with Crippen LogP contribution in [0.15, 0.2) is 114 Å². The molecule has 8 nitrogen and oxygen atoms in total. The Hall–Kier alpha value is -4.63. The van der Waals surface area contributed by atoms with Gasteiger partial charge >= 0.3 is 0 Å². The van der Waals surface area contributed by atoms with Crippen LogP contribution < -0.4 is 19.3 Å². The molecule has 5 rings (SSSR count). The van der Waals surface area contributed by atoms with Gasteiger partial charge in [0, 0.05) is 13.6 Å². The highest BCUT2D eigenvalue weighted by atomic mass is 32.2. The van der Waals surface area contributed by atoms with E-state index in [0.717, 1.165) is 11.1 Å². The molecule has 0 aliphatic carbocycles. The van der Waals surface area contributed by atoms with Gasteiger partial charge in [0.2, 0.25) is 5.91 Å². The van der Waals surface area contributed by atoms with E-state index in [4.69, 9.17) is 4.74 Å². The Morgan fingerprint density at radius 1 is 0.854 bits per heavy atom. The van der Waals surface area contributed by atoms with Gasteiger partial charge in [0.25, 0.3) is 15.9 Å². The number of carbonyl (C=O) groups excluding carboxylic acids is 2. The maximum atomic E-state index is 13.5. The molecule has 1 N–H and O–H groups in total. The van der Waals surface area contributed by atoms with E-state index in [-0.39, 0.29) is 29.7 Å². The number of anilines is 2. The molecular weight excluding hydrogens is 538 g/mol. The first-order chi connectivity index (χ1) is 19.8. The molecule has 0 fully saturated rings. The summed E-state index contributed by atoms with van der Waals surface area (Å²) in [6.45, 7) is 0.544. The lowest BCUT2D eigenvalue weighted by Gasteiger charge is -2.34. The van der Waals surface area contributed by atoms with E-state index in [1.165, 1.54) is 11.4 Å². The monoisotopic (exact) mass is 569 g/mol. The number of rotatable bonds is 9. The van der Waals surface area contributed by atoms with E-state index in [1.807, 2.05) is 36.4 Å². The van der Waals surface area contributed by atoms with E-state index in [0.29, 0.717) is 30.1 Å². The molecule has 41 heavy (non-hydrogen) atoms. The number of ether oxygens (including phenoxy) is 1. The Morgan fingerprint density at radius 2 is 1.49 bits per heavy atom. The normalized spacial score (nSPS) is 14.5. The molecule has 210 valence electrons. The molecule has 0 aromatic heterocycles. The van der Waals surface area contributed by atoms with Gasteiger partial charge in [0.05, 0.1) is 29.2 Å². The number of nitrogens with one attached hydrogen (secondary N) is 1. The van der Waals surface area contributed by atoms with Crippen LogP contribution >= 0.6 is 0 Å². The van der Waals surface area contributed by atoms with Gasteiger partial charge in [-0.15, -0.1) is 0 Å². The lowest BCUT2D eigenvalue weighted by molar-refractivity contribution is -0.128. The molecule has 1 unspecified atom stereocenters. The molecule has 9 heteroatoms. The van der Waals surface area contributed by atoms with Gasteiger partial charge in [-0.2, -0.15) is 0 Å². The summed E-state index contributed by atoms with van der Waals surface area (Å²) in [6.07, 6.45) is -0.0773. The van der Waals surface area contributed by atoms with Crippen molar-refractivity contribution in [3.8, 4) is 5.75 Å². The predicted octanol–water partition coefficient (Wildman–Crippen LogP) is 4.21. The molecule has 0 spiro atoms. The molecule has 0 bridgehead atoms. The topological polar surface area (TPSA) is 96.0 Å². The first-order valence-corrected chi connectivity index (χ1v) is 14.8. The molecule has 1 aliphatic heterocycles. The second-order valence-electron chi connectivity index (χ2n) is 9.73. The Labute approximate surface area is 240 Å².